The van der Waals surface area contributed by atoms with Crippen molar-refractivity contribution in [3.05, 3.63) is 11.1 Å². The maximum atomic E-state index is 12.2. The second kappa shape index (κ2) is 6.20. The number of allylic oxidation sites excluding steroid dienone is 2. The molecular formula is C15H22O5. The Hall–Kier alpha value is -1.65. The van der Waals surface area contributed by atoms with Crippen LogP contribution in [-0.4, -0.2) is 30.9 Å². The molecule has 0 aromatic heterocycles. The van der Waals surface area contributed by atoms with E-state index in [9.17, 15) is 14.4 Å². The van der Waals surface area contributed by atoms with Crippen molar-refractivity contribution in [2.45, 2.75) is 41.0 Å². The fraction of sp³-hybridized carbons (Fsp3) is 0.667. The summed E-state index contributed by atoms with van der Waals surface area (Å²) in [6.07, 6.45) is 0.132. The molecule has 0 aliphatic heterocycles. The molecule has 5 heteroatoms. The number of carbonyl (C=O) groups excluding carboxylic acids is 3. The summed E-state index contributed by atoms with van der Waals surface area (Å²) in [6, 6.07) is 0. The van der Waals surface area contributed by atoms with Gasteiger partial charge >= 0.3 is 11.9 Å². The molecule has 5 nitrogen and oxygen atoms in total. The van der Waals surface area contributed by atoms with Crippen molar-refractivity contribution in [1.82, 2.24) is 0 Å². The van der Waals surface area contributed by atoms with E-state index in [1.54, 1.807) is 34.6 Å². The number of hydrogen-bond acceptors (Lipinski definition) is 5. The highest BCUT2D eigenvalue weighted by atomic mass is 16.6. The summed E-state index contributed by atoms with van der Waals surface area (Å²) in [4.78, 5) is 36.2. The first kappa shape index (κ1) is 16.4. The van der Waals surface area contributed by atoms with Crippen molar-refractivity contribution < 1.29 is 23.9 Å². The third-order valence-electron chi connectivity index (χ3n) is 4.05. The fourth-order valence-corrected chi connectivity index (χ4v) is 2.62. The van der Waals surface area contributed by atoms with Gasteiger partial charge < -0.3 is 9.47 Å². The first-order valence-corrected chi connectivity index (χ1v) is 6.84. The lowest BCUT2D eigenvalue weighted by molar-refractivity contribution is -0.166. The predicted molar refractivity (Wildman–Crippen MR) is 72.9 cm³/mol. The minimum absolute atomic E-state index is 0.0383. The van der Waals surface area contributed by atoms with Crippen LogP contribution in [0.4, 0.5) is 0 Å². The second-order valence-corrected chi connectivity index (χ2v) is 5.20. The lowest BCUT2D eigenvalue weighted by Crippen LogP contribution is -2.41. The first-order chi connectivity index (χ1) is 9.29. The van der Waals surface area contributed by atoms with E-state index in [-0.39, 0.29) is 25.4 Å². The van der Waals surface area contributed by atoms with Gasteiger partial charge in [0, 0.05) is 11.8 Å². The molecule has 0 fully saturated rings. The molecule has 1 aliphatic carbocycles. The number of carbonyl (C=O) groups is 3. The minimum atomic E-state index is -1.09. The van der Waals surface area contributed by atoms with Gasteiger partial charge in [-0.25, -0.2) is 0 Å². The Balaban J connectivity index is 3.21. The molecule has 0 amide bonds. The predicted octanol–water partition coefficient (Wildman–Crippen LogP) is 2.04. The molecule has 0 heterocycles. The van der Waals surface area contributed by atoms with Gasteiger partial charge in [-0.2, -0.15) is 0 Å². The van der Waals surface area contributed by atoms with Crippen LogP contribution in [0.15, 0.2) is 11.1 Å². The Morgan fingerprint density at radius 1 is 1.15 bits per heavy atom. The van der Waals surface area contributed by atoms with Gasteiger partial charge in [0.15, 0.2) is 11.7 Å². The monoisotopic (exact) mass is 282 g/mol. The smallest absolute Gasteiger partial charge is 0.321 e. The summed E-state index contributed by atoms with van der Waals surface area (Å²) in [7, 11) is 0. The zero-order valence-electron chi connectivity index (χ0n) is 12.7. The van der Waals surface area contributed by atoms with E-state index < -0.39 is 23.3 Å². The number of ether oxygens (including phenoxy) is 2. The quantitative estimate of drug-likeness (QED) is 0.570. The topological polar surface area (TPSA) is 69.7 Å². The van der Waals surface area contributed by atoms with Gasteiger partial charge in [-0.05, 0) is 33.3 Å². The standard InChI is InChI=1S/C15H22O5/c1-6-19-13(17)12(14(18)20-7-2)15(5)8-11(16)9(3)10(15)4/h12H,6-8H2,1-5H3. The highest BCUT2D eigenvalue weighted by Crippen LogP contribution is 2.47. The van der Waals surface area contributed by atoms with Gasteiger partial charge in [0.1, 0.15) is 0 Å². The molecule has 0 radical (unpaired) electrons. The van der Waals surface area contributed by atoms with Crippen molar-refractivity contribution in [2.75, 3.05) is 13.2 Å². The van der Waals surface area contributed by atoms with E-state index in [1.165, 1.54) is 0 Å². The van der Waals surface area contributed by atoms with E-state index in [2.05, 4.69) is 0 Å². The molecule has 0 aromatic carbocycles. The van der Waals surface area contributed by atoms with Crippen LogP contribution in [0.1, 0.15) is 41.0 Å². The van der Waals surface area contributed by atoms with Gasteiger partial charge in [0.05, 0.1) is 13.2 Å². The van der Waals surface area contributed by atoms with E-state index >= 15 is 0 Å². The van der Waals surface area contributed by atoms with Crippen molar-refractivity contribution in [3.63, 3.8) is 0 Å². The van der Waals surface area contributed by atoms with Crippen LogP contribution < -0.4 is 0 Å². The molecule has 20 heavy (non-hydrogen) atoms. The summed E-state index contributed by atoms with van der Waals surface area (Å²) < 4.78 is 9.99. The summed E-state index contributed by atoms with van der Waals surface area (Å²) in [6.45, 7) is 8.96. The van der Waals surface area contributed by atoms with Gasteiger partial charge in [0.25, 0.3) is 0 Å². The Kier molecular flexibility index (Phi) is 5.09. The van der Waals surface area contributed by atoms with Crippen LogP contribution in [0.3, 0.4) is 0 Å². The molecule has 0 spiro atoms. The molecule has 112 valence electrons. The zero-order chi connectivity index (χ0) is 15.5. The number of hydrogen-bond donors (Lipinski definition) is 0. The van der Waals surface area contributed by atoms with Crippen molar-refractivity contribution in [3.8, 4) is 0 Å². The molecule has 0 saturated heterocycles. The molecule has 0 saturated carbocycles. The lowest BCUT2D eigenvalue weighted by atomic mass is 9.72. The maximum absolute atomic E-state index is 12.2. The summed E-state index contributed by atoms with van der Waals surface area (Å²) >= 11 is 0. The van der Waals surface area contributed by atoms with Crippen LogP contribution >= 0.6 is 0 Å². The highest BCUT2D eigenvalue weighted by Gasteiger charge is 2.52. The van der Waals surface area contributed by atoms with E-state index in [0.29, 0.717) is 5.57 Å². The maximum Gasteiger partial charge on any atom is 0.321 e. The SMILES string of the molecule is CCOC(=O)C(C(=O)OCC)C1(C)CC(=O)C(C)=C1C. The third kappa shape index (κ3) is 2.76. The zero-order valence-corrected chi connectivity index (χ0v) is 12.7. The Morgan fingerprint density at radius 2 is 1.60 bits per heavy atom. The van der Waals surface area contributed by atoms with Crippen molar-refractivity contribution >= 4 is 17.7 Å². The van der Waals surface area contributed by atoms with Gasteiger partial charge in [-0.15, -0.1) is 0 Å². The summed E-state index contributed by atoms with van der Waals surface area (Å²) in [5, 5.41) is 0. The molecule has 1 aliphatic rings. The Morgan fingerprint density at radius 3 is 1.90 bits per heavy atom. The highest BCUT2D eigenvalue weighted by molar-refractivity contribution is 6.03. The summed E-state index contributed by atoms with van der Waals surface area (Å²) in [5.41, 5.74) is 0.513. The van der Waals surface area contributed by atoms with Gasteiger partial charge in [0.2, 0.25) is 0 Å². The average molecular weight is 282 g/mol. The Labute approximate surface area is 119 Å². The van der Waals surface area contributed by atoms with Crippen LogP contribution in [0.25, 0.3) is 0 Å². The van der Waals surface area contributed by atoms with Crippen LogP contribution in [0, 0.1) is 11.3 Å². The van der Waals surface area contributed by atoms with Gasteiger partial charge in [-0.1, -0.05) is 12.5 Å². The molecule has 0 N–H and O–H groups in total. The summed E-state index contributed by atoms with van der Waals surface area (Å²) in [5.74, 6) is -2.39. The number of Topliss-reactive ketones (excluding diaryl/α,β-unsaturated/α-hetero) is 1. The number of ketones is 1. The molecule has 1 atom stereocenters. The normalized spacial score (nSPS) is 22.4. The van der Waals surface area contributed by atoms with E-state index in [0.717, 1.165) is 5.57 Å². The van der Waals surface area contributed by atoms with Crippen LogP contribution in [0.2, 0.25) is 0 Å². The Bertz CT molecular complexity index is 445. The number of rotatable bonds is 5. The molecule has 1 rings (SSSR count). The molecule has 1 unspecified atom stereocenters. The van der Waals surface area contributed by atoms with E-state index in [1.807, 2.05) is 0 Å². The van der Waals surface area contributed by atoms with Crippen molar-refractivity contribution in [2.24, 2.45) is 11.3 Å². The molecule has 0 aromatic rings. The van der Waals surface area contributed by atoms with Crippen molar-refractivity contribution in [1.29, 1.82) is 0 Å². The minimum Gasteiger partial charge on any atom is -0.465 e. The molecule has 0 bridgehead atoms. The number of esters is 2. The molecular weight excluding hydrogens is 260 g/mol. The van der Waals surface area contributed by atoms with Crippen LogP contribution in [0.5, 0.6) is 0 Å². The fourth-order valence-electron chi connectivity index (χ4n) is 2.62. The largest absolute Gasteiger partial charge is 0.465 e. The second-order valence-electron chi connectivity index (χ2n) is 5.20. The first-order valence-electron chi connectivity index (χ1n) is 6.84. The van der Waals surface area contributed by atoms with Gasteiger partial charge in [-0.3, -0.25) is 14.4 Å². The van der Waals surface area contributed by atoms with Crippen LogP contribution in [-0.2, 0) is 23.9 Å². The van der Waals surface area contributed by atoms with E-state index in [4.69, 9.17) is 9.47 Å². The lowest BCUT2D eigenvalue weighted by Gasteiger charge is -2.31. The third-order valence-corrected chi connectivity index (χ3v) is 4.05. The average Bonchev–Trinajstić information content (AvgIpc) is 2.55.